The van der Waals surface area contributed by atoms with E-state index in [-0.39, 0.29) is 24.4 Å². The molecular formula is C20H19ClN2O2. The summed E-state index contributed by atoms with van der Waals surface area (Å²) in [4.78, 5) is 26.4. The van der Waals surface area contributed by atoms with Crippen molar-refractivity contribution in [2.24, 2.45) is 0 Å². The lowest BCUT2D eigenvalue weighted by molar-refractivity contribution is -0.122. The third kappa shape index (κ3) is 3.44. The van der Waals surface area contributed by atoms with Crippen molar-refractivity contribution in [2.75, 3.05) is 6.54 Å². The molecule has 0 saturated heterocycles. The monoisotopic (exact) mass is 354 g/mol. The lowest BCUT2D eigenvalue weighted by atomic mass is 10.0. The maximum Gasteiger partial charge on any atom is 0.259 e. The molecule has 25 heavy (non-hydrogen) atoms. The van der Waals surface area contributed by atoms with Crippen molar-refractivity contribution in [2.45, 2.75) is 19.4 Å². The summed E-state index contributed by atoms with van der Waals surface area (Å²) in [5.41, 5.74) is 2.92. The first-order valence-electron chi connectivity index (χ1n) is 8.16. The topological polar surface area (TPSA) is 49.4 Å². The zero-order valence-electron chi connectivity index (χ0n) is 14.0. The number of rotatable bonds is 5. The van der Waals surface area contributed by atoms with Crippen LogP contribution in [0.1, 0.15) is 40.9 Å². The summed E-state index contributed by atoms with van der Waals surface area (Å²) in [7, 11) is 0. The van der Waals surface area contributed by atoms with Gasteiger partial charge < -0.3 is 5.32 Å². The second kappa shape index (κ2) is 7.11. The minimum atomic E-state index is -0.218. The average Bonchev–Trinajstić information content (AvgIpc) is 2.86. The molecule has 0 saturated carbocycles. The molecule has 4 nitrogen and oxygen atoms in total. The number of carbonyl (C=O) groups is 2. The van der Waals surface area contributed by atoms with Gasteiger partial charge in [0.05, 0.1) is 6.04 Å². The van der Waals surface area contributed by atoms with Gasteiger partial charge in [-0.15, -0.1) is 0 Å². The standard InChI is InChI=1S/C20H19ClN2O2/c1-3-18(14-8-10-15(21)11-9-14)22-19(24)12-23-13(2)16-6-4-5-7-17(16)20(23)25/h4-11,18H,2-3,12H2,1H3,(H,22,24)/t18-/m0/s1. The van der Waals surface area contributed by atoms with Crippen LogP contribution in [0.5, 0.6) is 0 Å². The van der Waals surface area contributed by atoms with Gasteiger partial charge in [-0.25, -0.2) is 0 Å². The summed E-state index contributed by atoms with van der Waals surface area (Å²) >= 11 is 5.91. The molecule has 128 valence electrons. The molecule has 0 fully saturated rings. The van der Waals surface area contributed by atoms with E-state index in [1.54, 1.807) is 24.3 Å². The Morgan fingerprint density at radius 3 is 2.40 bits per heavy atom. The van der Waals surface area contributed by atoms with E-state index in [0.29, 0.717) is 16.3 Å². The zero-order chi connectivity index (χ0) is 18.0. The van der Waals surface area contributed by atoms with Crippen molar-refractivity contribution < 1.29 is 9.59 Å². The minimum Gasteiger partial charge on any atom is -0.348 e. The van der Waals surface area contributed by atoms with E-state index in [1.807, 2.05) is 31.2 Å². The molecule has 1 aliphatic heterocycles. The third-order valence-corrected chi connectivity index (χ3v) is 4.61. The van der Waals surface area contributed by atoms with Crippen LogP contribution < -0.4 is 5.32 Å². The number of benzene rings is 2. The Balaban J connectivity index is 1.69. The van der Waals surface area contributed by atoms with Gasteiger partial charge >= 0.3 is 0 Å². The van der Waals surface area contributed by atoms with Gasteiger partial charge in [0.1, 0.15) is 6.54 Å². The van der Waals surface area contributed by atoms with Crippen LogP contribution in [-0.2, 0) is 4.79 Å². The highest BCUT2D eigenvalue weighted by atomic mass is 35.5. The van der Waals surface area contributed by atoms with Gasteiger partial charge in [0.2, 0.25) is 5.91 Å². The molecule has 0 radical (unpaired) electrons. The molecule has 0 aliphatic carbocycles. The summed E-state index contributed by atoms with van der Waals surface area (Å²) < 4.78 is 0. The molecule has 0 unspecified atom stereocenters. The largest absolute Gasteiger partial charge is 0.348 e. The highest BCUT2D eigenvalue weighted by molar-refractivity contribution is 6.30. The third-order valence-electron chi connectivity index (χ3n) is 4.36. The molecule has 0 spiro atoms. The molecule has 5 heteroatoms. The van der Waals surface area contributed by atoms with Crippen LogP contribution in [0.3, 0.4) is 0 Å². The molecule has 2 amide bonds. The van der Waals surface area contributed by atoms with Crippen LogP contribution in [0.25, 0.3) is 5.70 Å². The van der Waals surface area contributed by atoms with Gasteiger partial charge in [-0.2, -0.15) is 0 Å². The van der Waals surface area contributed by atoms with E-state index >= 15 is 0 Å². The Bertz CT molecular complexity index is 795. The van der Waals surface area contributed by atoms with E-state index in [2.05, 4.69) is 11.9 Å². The second-order valence-corrected chi connectivity index (χ2v) is 6.40. The highest BCUT2D eigenvalue weighted by Crippen LogP contribution is 2.30. The lowest BCUT2D eigenvalue weighted by Gasteiger charge is -2.21. The predicted molar refractivity (Wildman–Crippen MR) is 99.1 cm³/mol. The molecule has 1 heterocycles. The van der Waals surface area contributed by atoms with Gasteiger partial charge in [0, 0.05) is 21.8 Å². The van der Waals surface area contributed by atoms with Gasteiger partial charge in [-0.1, -0.05) is 55.4 Å². The van der Waals surface area contributed by atoms with E-state index in [4.69, 9.17) is 11.6 Å². The van der Waals surface area contributed by atoms with Crippen molar-refractivity contribution in [3.8, 4) is 0 Å². The number of amides is 2. The molecule has 0 aromatic heterocycles. The fraction of sp³-hybridized carbons (Fsp3) is 0.200. The summed E-state index contributed by atoms with van der Waals surface area (Å²) in [6.07, 6.45) is 0.739. The molecular weight excluding hydrogens is 336 g/mol. The van der Waals surface area contributed by atoms with Gasteiger partial charge in [0.15, 0.2) is 0 Å². The van der Waals surface area contributed by atoms with Crippen LogP contribution >= 0.6 is 11.6 Å². The van der Waals surface area contributed by atoms with E-state index in [1.165, 1.54) is 4.90 Å². The van der Waals surface area contributed by atoms with Crippen molar-refractivity contribution in [3.05, 3.63) is 76.8 Å². The Morgan fingerprint density at radius 1 is 1.16 bits per heavy atom. The van der Waals surface area contributed by atoms with Crippen LogP contribution in [0.4, 0.5) is 0 Å². The average molecular weight is 355 g/mol. The van der Waals surface area contributed by atoms with Gasteiger partial charge in [0.25, 0.3) is 5.91 Å². The number of hydrogen-bond acceptors (Lipinski definition) is 2. The Morgan fingerprint density at radius 2 is 1.80 bits per heavy atom. The fourth-order valence-corrected chi connectivity index (χ4v) is 3.13. The lowest BCUT2D eigenvalue weighted by Crippen LogP contribution is -2.38. The number of hydrogen-bond donors (Lipinski definition) is 1. The van der Waals surface area contributed by atoms with Crippen molar-refractivity contribution in [1.29, 1.82) is 0 Å². The second-order valence-electron chi connectivity index (χ2n) is 5.96. The van der Waals surface area contributed by atoms with Crippen molar-refractivity contribution in [1.82, 2.24) is 10.2 Å². The van der Waals surface area contributed by atoms with Gasteiger partial charge in [-0.05, 0) is 30.2 Å². The normalized spacial score (nSPS) is 14.4. The molecule has 1 aliphatic rings. The van der Waals surface area contributed by atoms with E-state index < -0.39 is 0 Å². The maximum atomic E-state index is 12.5. The molecule has 1 atom stereocenters. The minimum absolute atomic E-state index is 0.0452. The summed E-state index contributed by atoms with van der Waals surface area (Å²) in [6.45, 7) is 5.91. The molecule has 1 N–H and O–H groups in total. The van der Waals surface area contributed by atoms with Crippen LogP contribution in [-0.4, -0.2) is 23.3 Å². The molecule has 3 rings (SSSR count). The Kier molecular flexibility index (Phi) is 4.91. The van der Waals surface area contributed by atoms with E-state index in [0.717, 1.165) is 17.5 Å². The SMILES string of the molecule is C=C1c2ccccc2C(=O)N1CC(=O)N[C@@H](CC)c1ccc(Cl)cc1. The number of nitrogens with zero attached hydrogens (tertiary/aromatic N) is 1. The summed E-state index contributed by atoms with van der Waals surface area (Å²) in [6, 6.07) is 14.5. The predicted octanol–water partition coefficient (Wildman–Crippen LogP) is 4.03. The number of halogens is 1. The Labute approximate surface area is 152 Å². The molecule has 2 aromatic rings. The van der Waals surface area contributed by atoms with Crippen LogP contribution in [0, 0.1) is 0 Å². The fourth-order valence-electron chi connectivity index (χ4n) is 3.00. The highest BCUT2D eigenvalue weighted by Gasteiger charge is 2.32. The summed E-state index contributed by atoms with van der Waals surface area (Å²) in [5.74, 6) is -0.403. The van der Waals surface area contributed by atoms with Crippen LogP contribution in [0.2, 0.25) is 5.02 Å². The number of carbonyl (C=O) groups excluding carboxylic acids is 2. The zero-order valence-corrected chi connectivity index (χ0v) is 14.7. The first-order valence-corrected chi connectivity index (χ1v) is 8.54. The first-order chi connectivity index (χ1) is 12.0. The molecule has 2 aromatic carbocycles. The first kappa shape index (κ1) is 17.2. The number of nitrogens with one attached hydrogen (secondary N) is 1. The van der Waals surface area contributed by atoms with Crippen molar-refractivity contribution in [3.63, 3.8) is 0 Å². The Hall–Kier alpha value is -2.59. The van der Waals surface area contributed by atoms with Crippen LogP contribution in [0.15, 0.2) is 55.1 Å². The van der Waals surface area contributed by atoms with Crippen molar-refractivity contribution >= 4 is 29.1 Å². The van der Waals surface area contributed by atoms with E-state index in [9.17, 15) is 9.59 Å². The van der Waals surface area contributed by atoms with Gasteiger partial charge in [-0.3, -0.25) is 14.5 Å². The quantitative estimate of drug-likeness (QED) is 0.881. The summed E-state index contributed by atoms with van der Waals surface area (Å²) in [5, 5.41) is 3.63. The number of fused-ring (bicyclic) bond motifs is 1. The maximum absolute atomic E-state index is 12.5. The molecule has 0 bridgehead atoms. The smallest absolute Gasteiger partial charge is 0.259 e.